The van der Waals surface area contributed by atoms with Crippen molar-refractivity contribution in [2.24, 2.45) is 5.73 Å². The van der Waals surface area contributed by atoms with Gasteiger partial charge in [0.1, 0.15) is 5.82 Å². The molecule has 2 N–H and O–H groups in total. The monoisotopic (exact) mass is 292 g/mol. The fraction of sp³-hybridized carbons (Fsp3) is 0.417. The van der Waals surface area contributed by atoms with Gasteiger partial charge in [0.2, 0.25) is 5.91 Å². The summed E-state index contributed by atoms with van der Waals surface area (Å²) in [7, 11) is 0. The number of amides is 1. The van der Waals surface area contributed by atoms with Crippen LogP contribution >= 0.6 is 24.0 Å². The van der Waals surface area contributed by atoms with Gasteiger partial charge < -0.3 is 10.6 Å². The topological polar surface area (TPSA) is 46.3 Å². The molecule has 0 aliphatic carbocycles. The molecule has 0 spiro atoms. The second-order valence-electron chi connectivity index (χ2n) is 4.34. The lowest BCUT2D eigenvalue weighted by atomic mass is 10.1. The van der Waals surface area contributed by atoms with E-state index in [-0.39, 0.29) is 30.8 Å². The Balaban J connectivity index is 0.00000162. The average Bonchev–Trinajstić information content (AvgIpc) is 2.63. The molecule has 0 unspecified atom stereocenters. The zero-order chi connectivity index (χ0) is 12.4. The largest absolute Gasteiger partial charge is 0.341 e. The van der Waals surface area contributed by atoms with E-state index in [1.807, 2.05) is 0 Å². The van der Waals surface area contributed by atoms with Gasteiger partial charge in [0, 0.05) is 24.2 Å². The smallest absolute Gasteiger partial charge is 0.227 e. The van der Waals surface area contributed by atoms with E-state index in [0.29, 0.717) is 23.7 Å². The van der Waals surface area contributed by atoms with Crippen LogP contribution < -0.4 is 5.73 Å². The van der Waals surface area contributed by atoms with Crippen molar-refractivity contribution in [2.45, 2.75) is 18.9 Å². The highest BCUT2D eigenvalue weighted by Gasteiger charge is 2.23. The SMILES string of the molecule is Cl.N[C@@H]1CCN(C(=O)Cc2cc(F)cc(Cl)c2)C1. The van der Waals surface area contributed by atoms with Crippen LogP contribution in [0.3, 0.4) is 0 Å². The molecule has 0 saturated carbocycles. The lowest BCUT2D eigenvalue weighted by Gasteiger charge is -2.15. The van der Waals surface area contributed by atoms with E-state index in [0.717, 1.165) is 6.42 Å². The van der Waals surface area contributed by atoms with Gasteiger partial charge in [-0.25, -0.2) is 4.39 Å². The number of hydrogen-bond acceptors (Lipinski definition) is 2. The van der Waals surface area contributed by atoms with Gasteiger partial charge in [-0.3, -0.25) is 4.79 Å². The second-order valence-corrected chi connectivity index (χ2v) is 4.78. The summed E-state index contributed by atoms with van der Waals surface area (Å²) in [6.07, 6.45) is 1.000. The van der Waals surface area contributed by atoms with Crippen molar-refractivity contribution in [3.8, 4) is 0 Å². The molecule has 6 heteroatoms. The summed E-state index contributed by atoms with van der Waals surface area (Å²) in [5, 5.41) is 0.311. The van der Waals surface area contributed by atoms with E-state index in [2.05, 4.69) is 0 Å². The van der Waals surface area contributed by atoms with E-state index in [1.165, 1.54) is 12.1 Å². The Labute approximate surface area is 116 Å². The second kappa shape index (κ2) is 6.36. The Bertz CT molecular complexity index is 422. The van der Waals surface area contributed by atoms with E-state index >= 15 is 0 Å². The number of carbonyl (C=O) groups excluding carboxylic acids is 1. The minimum atomic E-state index is -0.418. The Kier molecular flexibility index (Phi) is 5.38. The van der Waals surface area contributed by atoms with Gasteiger partial charge in [-0.2, -0.15) is 0 Å². The van der Waals surface area contributed by atoms with Crippen LogP contribution in [0.1, 0.15) is 12.0 Å². The standard InChI is InChI=1S/C12H14ClFN2O.ClH/c13-9-3-8(4-10(14)6-9)5-12(17)16-2-1-11(15)7-16;/h3-4,6,11H,1-2,5,7,15H2;1H/t11-;/m1./s1. The first-order valence-electron chi connectivity index (χ1n) is 5.53. The predicted molar refractivity (Wildman–Crippen MR) is 71.5 cm³/mol. The third-order valence-corrected chi connectivity index (χ3v) is 3.07. The average molecular weight is 293 g/mol. The summed E-state index contributed by atoms with van der Waals surface area (Å²) >= 11 is 5.73. The van der Waals surface area contributed by atoms with Gasteiger partial charge in [0.05, 0.1) is 6.42 Å². The highest BCUT2D eigenvalue weighted by molar-refractivity contribution is 6.30. The first kappa shape index (κ1) is 15.2. The Morgan fingerprint density at radius 3 is 2.78 bits per heavy atom. The molecule has 0 bridgehead atoms. The molecule has 1 aromatic rings. The van der Waals surface area contributed by atoms with Crippen molar-refractivity contribution < 1.29 is 9.18 Å². The van der Waals surface area contributed by atoms with Crippen LogP contribution in [0.4, 0.5) is 4.39 Å². The van der Waals surface area contributed by atoms with Crippen LogP contribution in [-0.2, 0) is 11.2 Å². The van der Waals surface area contributed by atoms with Crippen LogP contribution in [0.5, 0.6) is 0 Å². The molecular weight excluding hydrogens is 278 g/mol. The molecule has 100 valence electrons. The number of benzene rings is 1. The molecule has 1 aliphatic rings. The molecule has 3 nitrogen and oxygen atoms in total. The maximum atomic E-state index is 13.1. The number of nitrogens with two attached hydrogens (primary N) is 1. The highest BCUT2D eigenvalue weighted by atomic mass is 35.5. The van der Waals surface area contributed by atoms with Gasteiger partial charge >= 0.3 is 0 Å². The van der Waals surface area contributed by atoms with E-state index in [1.54, 1.807) is 11.0 Å². The predicted octanol–water partition coefficient (Wildman–Crippen LogP) is 2.00. The fourth-order valence-electron chi connectivity index (χ4n) is 2.01. The normalized spacial score (nSPS) is 18.6. The van der Waals surface area contributed by atoms with Gasteiger partial charge in [0.25, 0.3) is 0 Å². The Morgan fingerprint density at radius 1 is 1.50 bits per heavy atom. The van der Waals surface area contributed by atoms with Crippen LogP contribution in [0, 0.1) is 5.82 Å². The first-order chi connectivity index (χ1) is 8.04. The van der Waals surface area contributed by atoms with Gasteiger partial charge in [-0.1, -0.05) is 11.6 Å². The maximum Gasteiger partial charge on any atom is 0.227 e. The third kappa shape index (κ3) is 3.83. The molecule has 1 atom stereocenters. The number of halogens is 3. The Morgan fingerprint density at radius 2 is 2.22 bits per heavy atom. The quantitative estimate of drug-likeness (QED) is 0.906. The number of likely N-dealkylation sites (tertiary alicyclic amines) is 1. The van der Waals surface area contributed by atoms with Crippen LogP contribution in [0.15, 0.2) is 18.2 Å². The molecule has 0 aromatic heterocycles. The molecule has 1 aliphatic heterocycles. The highest BCUT2D eigenvalue weighted by Crippen LogP contribution is 2.16. The summed E-state index contributed by atoms with van der Waals surface area (Å²) in [5.41, 5.74) is 6.33. The van der Waals surface area contributed by atoms with E-state index < -0.39 is 5.82 Å². The maximum absolute atomic E-state index is 13.1. The lowest BCUT2D eigenvalue weighted by molar-refractivity contribution is -0.129. The van der Waals surface area contributed by atoms with Gasteiger partial charge in [-0.15, -0.1) is 12.4 Å². The summed E-state index contributed by atoms with van der Waals surface area (Å²) < 4.78 is 13.1. The molecule has 1 amide bonds. The molecular formula is C12H15Cl2FN2O. The number of rotatable bonds is 2. The van der Waals surface area contributed by atoms with Crippen LogP contribution in [0.2, 0.25) is 5.02 Å². The van der Waals surface area contributed by atoms with Crippen LogP contribution in [-0.4, -0.2) is 29.9 Å². The zero-order valence-corrected chi connectivity index (χ0v) is 11.3. The third-order valence-electron chi connectivity index (χ3n) is 2.86. The van der Waals surface area contributed by atoms with E-state index in [9.17, 15) is 9.18 Å². The summed E-state index contributed by atoms with van der Waals surface area (Å²) in [6.45, 7) is 1.27. The number of hydrogen-bond donors (Lipinski definition) is 1. The minimum absolute atomic E-state index is 0. The number of nitrogens with zero attached hydrogens (tertiary/aromatic N) is 1. The molecule has 2 rings (SSSR count). The molecule has 18 heavy (non-hydrogen) atoms. The number of carbonyl (C=O) groups is 1. The zero-order valence-electron chi connectivity index (χ0n) is 9.73. The molecule has 1 saturated heterocycles. The summed E-state index contributed by atoms with van der Waals surface area (Å²) in [5.74, 6) is -0.446. The summed E-state index contributed by atoms with van der Waals surface area (Å²) in [4.78, 5) is 13.6. The molecule has 1 fully saturated rings. The first-order valence-corrected chi connectivity index (χ1v) is 5.91. The van der Waals surface area contributed by atoms with Crippen molar-refractivity contribution in [2.75, 3.05) is 13.1 Å². The molecule has 0 radical (unpaired) electrons. The Hall–Kier alpha value is -0.840. The fourth-order valence-corrected chi connectivity index (χ4v) is 2.26. The van der Waals surface area contributed by atoms with Crippen LogP contribution in [0.25, 0.3) is 0 Å². The minimum Gasteiger partial charge on any atom is -0.341 e. The van der Waals surface area contributed by atoms with Gasteiger partial charge in [-0.05, 0) is 30.2 Å². The van der Waals surface area contributed by atoms with Crippen molar-refractivity contribution in [1.29, 1.82) is 0 Å². The van der Waals surface area contributed by atoms with Gasteiger partial charge in [0.15, 0.2) is 0 Å². The van der Waals surface area contributed by atoms with E-state index in [4.69, 9.17) is 17.3 Å². The van der Waals surface area contributed by atoms with Crippen molar-refractivity contribution >= 4 is 29.9 Å². The van der Waals surface area contributed by atoms with Crippen molar-refractivity contribution in [3.63, 3.8) is 0 Å². The molecule has 1 heterocycles. The van der Waals surface area contributed by atoms with Crippen molar-refractivity contribution in [1.82, 2.24) is 4.90 Å². The molecule has 1 aromatic carbocycles. The summed E-state index contributed by atoms with van der Waals surface area (Å²) in [6, 6.07) is 4.23. The van der Waals surface area contributed by atoms with Crippen molar-refractivity contribution in [3.05, 3.63) is 34.6 Å². The lowest BCUT2D eigenvalue weighted by Crippen LogP contribution is -2.32.